The summed E-state index contributed by atoms with van der Waals surface area (Å²) in [4.78, 5) is 27.1. The number of alkyl halides is 6. The first kappa shape index (κ1) is 32.3. The normalized spacial score (nSPS) is 19.9. The molecule has 0 saturated carbocycles. The van der Waals surface area contributed by atoms with Crippen LogP contribution in [0.1, 0.15) is 66.5 Å². The Morgan fingerprint density at radius 1 is 1.05 bits per heavy atom. The molecule has 1 saturated heterocycles. The van der Waals surface area contributed by atoms with E-state index in [-0.39, 0.29) is 37.6 Å². The summed E-state index contributed by atoms with van der Waals surface area (Å²) in [5, 5.41) is 11.1. The minimum absolute atomic E-state index is 0.0347. The number of hydrazine groups is 1. The number of carbonyl (C=O) groups is 2. The van der Waals surface area contributed by atoms with Crippen molar-refractivity contribution in [2.24, 2.45) is 5.92 Å². The van der Waals surface area contributed by atoms with Gasteiger partial charge in [-0.3, -0.25) is 15.0 Å². The van der Waals surface area contributed by atoms with Gasteiger partial charge in [0.1, 0.15) is 5.82 Å². The fraction of sp³-hybridized carbons (Fsp3) is 0.500. The monoisotopic (exact) mass is 591 g/mol. The van der Waals surface area contributed by atoms with Crippen molar-refractivity contribution in [3.63, 3.8) is 0 Å². The molecule has 0 spiro atoms. The molecule has 2 amide bonds. The van der Waals surface area contributed by atoms with Crippen molar-refractivity contribution in [3.8, 4) is 0 Å². The number of benzene rings is 2. The van der Waals surface area contributed by atoms with Crippen LogP contribution >= 0.6 is 0 Å². The highest BCUT2D eigenvalue weighted by atomic mass is 19.4. The van der Waals surface area contributed by atoms with Gasteiger partial charge in [-0.1, -0.05) is 6.07 Å². The molecule has 0 aromatic heterocycles. The van der Waals surface area contributed by atoms with Gasteiger partial charge in [0, 0.05) is 32.0 Å². The Kier molecular flexibility index (Phi) is 9.74. The minimum atomic E-state index is -5.03. The van der Waals surface area contributed by atoms with Gasteiger partial charge in [-0.15, -0.1) is 0 Å². The maximum atomic E-state index is 13.9. The molecular weight excluding hydrogens is 559 g/mol. The third-order valence-electron chi connectivity index (χ3n) is 7.35. The number of hydrogen-bond acceptors (Lipinski definition) is 4. The summed E-state index contributed by atoms with van der Waals surface area (Å²) in [5.41, 5.74) is 0.542. The number of carbonyl (C=O) groups excluding carboxylic acids is 2. The molecule has 0 bridgehead atoms. The zero-order valence-corrected chi connectivity index (χ0v) is 22.9. The third-order valence-corrected chi connectivity index (χ3v) is 7.35. The number of piperidine rings is 1. The van der Waals surface area contributed by atoms with Crippen LogP contribution in [0.2, 0.25) is 0 Å². The van der Waals surface area contributed by atoms with Crippen molar-refractivity contribution >= 4 is 11.8 Å². The maximum absolute atomic E-state index is 13.9. The Labute approximate surface area is 233 Å². The molecule has 0 aliphatic carbocycles. The Hall–Kier alpha value is -3.19. The summed E-state index contributed by atoms with van der Waals surface area (Å²) in [7, 11) is 1.31. The van der Waals surface area contributed by atoms with E-state index in [4.69, 9.17) is 0 Å². The van der Waals surface area contributed by atoms with E-state index in [0.29, 0.717) is 23.3 Å². The van der Waals surface area contributed by atoms with Crippen LogP contribution in [0.4, 0.5) is 30.7 Å². The van der Waals surface area contributed by atoms with E-state index in [0.717, 1.165) is 4.90 Å². The standard InChI is InChI=1S/C28H32F7N3O3/c1-15-9-21(29)5-6-22(15)24-14-38(36-25(40)10-16(2)39)8-7-23(24)26(41)37(4)17(3)18-11-19(27(30,31)32)13-20(12-18)28(33,34)35/h5-6,9,11-13,16-17,23-24,39H,7-8,10,14H2,1-4H3,(H,36,40)/t16-,17-,23+,24-/m1/s1. The van der Waals surface area contributed by atoms with Crippen LogP contribution in [0.3, 0.4) is 0 Å². The predicted octanol–water partition coefficient (Wildman–Crippen LogP) is 5.60. The van der Waals surface area contributed by atoms with Crippen LogP contribution in [-0.2, 0) is 21.9 Å². The number of hydrogen-bond donors (Lipinski definition) is 2. The lowest BCUT2D eigenvalue weighted by Gasteiger charge is -2.41. The van der Waals surface area contributed by atoms with Crippen molar-refractivity contribution in [3.05, 3.63) is 70.0 Å². The number of aliphatic hydroxyl groups excluding tert-OH is 1. The van der Waals surface area contributed by atoms with Gasteiger partial charge < -0.3 is 10.0 Å². The van der Waals surface area contributed by atoms with Crippen molar-refractivity contribution < 1.29 is 45.4 Å². The van der Waals surface area contributed by atoms with Crippen molar-refractivity contribution in [1.82, 2.24) is 15.3 Å². The number of amides is 2. The van der Waals surface area contributed by atoms with E-state index in [2.05, 4.69) is 5.43 Å². The average molecular weight is 592 g/mol. The Balaban J connectivity index is 1.94. The molecule has 6 nitrogen and oxygen atoms in total. The van der Waals surface area contributed by atoms with Crippen LogP contribution in [0.25, 0.3) is 0 Å². The summed E-state index contributed by atoms with van der Waals surface area (Å²) in [5.74, 6) is -2.83. The van der Waals surface area contributed by atoms with Crippen molar-refractivity contribution in [2.45, 2.75) is 64.0 Å². The molecule has 226 valence electrons. The second-order valence-corrected chi connectivity index (χ2v) is 10.5. The number of nitrogens with zero attached hydrogens (tertiary/aromatic N) is 2. The van der Waals surface area contributed by atoms with Gasteiger partial charge in [-0.2, -0.15) is 26.3 Å². The molecule has 2 aromatic rings. The first-order valence-corrected chi connectivity index (χ1v) is 12.9. The second-order valence-electron chi connectivity index (χ2n) is 10.5. The van der Waals surface area contributed by atoms with Gasteiger partial charge in [0.2, 0.25) is 11.8 Å². The van der Waals surface area contributed by atoms with Gasteiger partial charge in [0.25, 0.3) is 0 Å². The van der Waals surface area contributed by atoms with Crippen molar-refractivity contribution in [1.29, 1.82) is 0 Å². The topological polar surface area (TPSA) is 72.9 Å². The molecule has 1 aliphatic heterocycles. The lowest BCUT2D eigenvalue weighted by Crippen LogP contribution is -2.52. The lowest BCUT2D eigenvalue weighted by atomic mass is 9.78. The number of aryl methyl sites for hydroxylation is 1. The van der Waals surface area contributed by atoms with Crippen LogP contribution in [0, 0.1) is 18.7 Å². The highest BCUT2D eigenvalue weighted by molar-refractivity contribution is 5.80. The van der Waals surface area contributed by atoms with E-state index in [1.165, 1.54) is 39.1 Å². The SMILES string of the molecule is Cc1cc(F)ccc1[C@H]1CN(NC(=O)C[C@@H](C)O)CC[C@@H]1C(=O)N(C)[C@H](C)c1cc(C(F)(F)F)cc(C(F)(F)F)c1. The van der Waals surface area contributed by atoms with E-state index in [9.17, 15) is 45.4 Å². The molecule has 41 heavy (non-hydrogen) atoms. The first-order valence-electron chi connectivity index (χ1n) is 12.9. The van der Waals surface area contributed by atoms with Gasteiger partial charge in [0.05, 0.1) is 29.7 Å². The van der Waals surface area contributed by atoms with Gasteiger partial charge in [-0.25, -0.2) is 9.40 Å². The zero-order valence-electron chi connectivity index (χ0n) is 22.9. The quantitative estimate of drug-likeness (QED) is 0.412. The lowest BCUT2D eigenvalue weighted by molar-refractivity contribution is -0.143. The molecule has 0 radical (unpaired) electrons. The number of aliphatic hydroxyl groups is 1. The van der Waals surface area contributed by atoms with Crippen LogP contribution in [0.15, 0.2) is 36.4 Å². The molecule has 4 atom stereocenters. The predicted molar refractivity (Wildman–Crippen MR) is 136 cm³/mol. The highest BCUT2D eigenvalue weighted by Crippen LogP contribution is 2.40. The van der Waals surface area contributed by atoms with E-state index >= 15 is 0 Å². The molecule has 1 fully saturated rings. The van der Waals surface area contributed by atoms with Crippen molar-refractivity contribution in [2.75, 3.05) is 20.1 Å². The van der Waals surface area contributed by atoms with E-state index in [1.54, 1.807) is 11.9 Å². The molecule has 2 aromatic carbocycles. The fourth-order valence-corrected chi connectivity index (χ4v) is 5.11. The number of halogens is 7. The molecule has 1 aliphatic rings. The Morgan fingerprint density at radius 2 is 1.63 bits per heavy atom. The fourth-order valence-electron chi connectivity index (χ4n) is 5.11. The Bertz CT molecular complexity index is 1230. The first-order chi connectivity index (χ1) is 18.9. The van der Waals surface area contributed by atoms with Crippen LogP contribution in [0.5, 0.6) is 0 Å². The smallest absolute Gasteiger partial charge is 0.393 e. The highest BCUT2D eigenvalue weighted by Gasteiger charge is 2.41. The molecule has 3 rings (SSSR count). The van der Waals surface area contributed by atoms with E-state index in [1.807, 2.05) is 0 Å². The Morgan fingerprint density at radius 3 is 2.15 bits per heavy atom. The molecule has 1 heterocycles. The summed E-state index contributed by atoms with van der Waals surface area (Å²) >= 11 is 0. The average Bonchev–Trinajstić information content (AvgIpc) is 2.85. The summed E-state index contributed by atoms with van der Waals surface area (Å²) < 4.78 is 94.4. The summed E-state index contributed by atoms with van der Waals surface area (Å²) in [6.07, 6.45) is -10.9. The second kappa shape index (κ2) is 12.4. The number of nitrogens with one attached hydrogen (secondary N) is 1. The molecular formula is C28H32F7N3O3. The minimum Gasteiger partial charge on any atom is -0.393 e. The largest absolute Gasteiger partial charge is 0.416 e. The molecule has 0 unspecified atom stereocenters. The summed E-state index contributed by atoms with van der Waals surface area (Å²) in [6, 6.07) is 4.12. The molecule has 2 N–H and O–H groups in total. The van der Waals surface area contributed by atoms with Gasteiger partial charge in [0.15, 0.2) is 0 Å². The van der Waals surface area contributed by atoms with Gasteiger partial charge >= 0.3 is 12.4 Å². The van der Waals surface area contributed by atoms with E-state index < -0.39 is 65.1 Å². The van der Waals surface area contributed by atoms with Crippen LogP contribution < -0.4 is 5.43 Å². The third kappa shape index (κ3) is 7.97. The van der Waals surface area contributed by atoms with Crippen LogP contribution in [-0.4, -0.2) is 53.1 Å². The number of rotatable bonds is 7. The zero-order chi connectivity index (χ0) is 30.9. The maximum Gasteiger partial charge on any atom is 0.416 e. The summed E-state index contributed by atoms with van der Waals surface area (Å²) in [6.45, 7) is 4.78. The van der Waals surface area contributed by atoms with Gasteiger partial charge in [-0.05, 0) is 74.2 Å². The molecule has 13 heteroatoms.